The third kappa shape index (κ3) is 3.26. The quantitative estimate of drug-likeness (QED) is 0.650. The molecule has 0 amide bonds. The summed E-state index contributed by atoms with van der Waals surface area (Å²) >= 11 is 0. The van der Waals surface area contributed by atoms with E-state index in [1.54, 1.807) is 0 Å². The van der Waals surface area contributed by atoms with Gasteiger partial charge >= 0.3 is 0 Å². The molecule has 3 heteroatoms. The van der Waals surface area contributed by atoms with E-state index in [4.69, 9.17) is 0 Å². The van der Waals surface area contributed by atoms with Gasteiger partial charge in [0.25, 0.3) is 0 Å². The topological polar surface area (TPSA) is 9.72 Å². The summed E-state index contributed by atoms with van der Waals surface area (Å²) in [5.41, 5.74) is 6.84. The molecule has 2 heterocycles. The maximum atomic E-state index is 2.50. The molecule has 0 saturated heterocycles. The van der Waals surface area contributed by atoms with Crippen molar-refractivity contribution in [3.8, 4) is 0 Å². The normalized spacial score (nSPS) is 25.0. The van der Waals surface area contributed by atoms with Gasteiger partial charge in [-0.05, 0) is 71.1 Å². The van der Waals surface area contributed by atoms with Gasteiger partial charge in [-0.1, -0.05) is 26.0 Å². The van der Waals surface area contributed by atoms with Gasteiger partial charge in [-0.15, -0.1) is 0 Å². The van der Waals surface area contributed by atoms with Gasteiger partial charge in [0.05, 0.1) is 5.69 Å². The third-order valence-electron chi connectivity index (χ3n) is 6.47. The molecular formula is C24H37N3. The molecule has 3 atom stereocenters. The Morgan fingerprint density at radius 2 is 1.41 bits per heavy atom. The minimum Gasteiger partial charge on any atom is -0.353 e. The molecule has 1 unspecified atom stereocenters. The Bertz CT molecular complexity index is 699. The van der Waals surface area contributed by atoms with Crippen LogP contribution in [0, 0.1) is 32.6 Å². The molecule has 1 aromatic carbocycles. The zero-order chi connectivity index (χ0) is 20.0. The van der Waals surface area contributed by atoms with Gasteiger partial charge < -0.3 is 14.7 Å². The molecule has 0 radical (unpaired) electrons. The summed E-state index contributed by atoms with van der Waals surface area (Å²) in [6.07, 6.45) is 9.54. The second kappa shape index (κ2) is 7.26. The number of hydrogen-bond acceptors (Lipinski definition) is 3. The molecule has 0 bridgehead atoms. The Morgan fingerprint density at radius 1 is 0.815 bits per heavy atom. The summed E-state index contributed by atoms with van der Waals surface area (Å²) < 4.78 is 0. The summed E-state index contributed by atoms with van der Waals surface area (Å²) in [5, 5.41) is 0. The highest BCUT2D eigenvalue weighted by molar-refractivity contribution is 5.76. The van der Waals surface area contributed by atoms with Crippen LogP contribution in [0.5, 0.6) is 0 Å². The van der Waals surface area contributed by atoms with E-state index in [-0.39, 0.29) is 0 Å². The first kappa shape index (κ1) is 19.9. The van der Waals surface area contributed by atoms with Crippen molar-refractivity contribution < 1.29 is 0 Å². The van der Waals surface area contributed by atoms with Gasteiger partial charge in [-0.25, -0.2) is 0 Å². The lowest BCUT2D eigenvalue weighted by molar-refractivity contribution is 0.263. The molecule has 0 fully saturated rings. The Labute approximate surface area is 166 Å². The molecule has 0 aliphatic carbocycles. The van der Waals surface area contributed by atoms with Crippen molar-refractivity contribution in [3.05, 3.63) is 47.4 Å². The molecule has 1 aromatic rings. The van der Waals surface area contributed by atoms with E-state index in [1.165, 1.54) is 28.1 Å². The average molecular weight is 368 g/mol. The molecule has 0 saturated carbocycles. The highest BCUT2D eigenvalue weighted by Crippen LogP contribution is 2.42. The first-order valence-corrected chi connectivity index (χ1v) is 10.5. The predicted octanol–water partition coefficient (Wildman–Crippen LogP) is 5.95. The Hall–Kier alpha value is -1.90. The standard InChI is InChI=1S/C24H37N3/c1-15(2)22-10-11-26(20(22)8)23-17(5)14-18(6)24(19(23)7)27-13-12-25(16(3)4)21(27)9/h10-16,20-22H,1-9H3/t20-,21+,22?/m0/s1. The van der Waals surface area contributed by atoms with E-state index < -0.39 is 0 Å². The first-order valence-electron chi connectivity index (χ1n) is 10.5. The van der Waals surface area contributed by atoms with Crippen molar-refractivity contribution in [2.75, 3.05) is 9.80 Å². The van der Waals surface area contributed by atoms with Crippen molar-refractivity contribution >= 4 is 11.4 Å². The number of anilines is 2. The second-order valence-corrected chi connectivity index (χ2v) is 9.02. The number of rotatable bonds is 4. The van der Waals surface area contributed by atoms with Crippen molar-refractivity contribution in [1.29, 1.82) is 0 Å². The van der Waals surface area contributed by atoms with Crippen molar-refractivity contribution in [3.63, 3.8) is 0 Å². The highest BCUT2D eigenvalue weighted by Gasteiger charge is 2.33. The van der Waals surface area contributed by atoms with Crippen LogP contribution in [0.4, 0.5) is 11.4 Å². The molecule has 3 rings (SSSR count). The third-order valence-corrected chi connectivity index (χ3v) is 6.47. The second-order valence-electron chi connectivity index (χ2n) is 9.02. The maximum Gasteiger partial charge on any atom is 0.103 e. The van der Waals surface area contributed by atoms with E-state index in [0.29, 0.717) is 30.1 Å². The SMILES string of the molecule is Cc1cc(C)c(N2C=CN(C(C)C)[C@H]2C)c(C)c1N1C=CC(C(C)C)[C@@H]1C. The van der Waals surface area contributed by atoms with Gasteiger partial charge in [0.2, 0.25) is 0 Å². The lowest BCUT2D eigenvalue weighted by Crippen LogP contribution is -2.40. The van der Waals surface area contributed by atoms with Gasteiger partial charge in [0, 0.05) is 42.3 Å². The predicted molar refractivity (Wildman–Crippen MR) is 118 cm³/mol. The first-order chi connectivity index (χ1) is 12.6. The lowest BCUT2D eigenvalue weighted by Gasteiger charge is -2.36. The summed E-state index contributed by atoms with van der Waals surface area (Å²) in [4.78, 5) is 7.37. The highest BCUT2D eigenvalue weighted by atomic mass is 15.4. The number of aryl methyl sites for hydroxylation is 2. The van der Waals surface area contributed by atoms with E-state index in [2.05, 4.69) is 108 Å². The van der Waals surface area contributed by atoms with Crippen LogP contribution < -0.4 is 9.80 Å². The largest absolute Gasteiger partial charge is 0.353 e. The maximum absolute atomic E-state index is 2.50. The summed E-state index contributed by atoms with van der Waals surface area (Å²) in [5.74, 6) is 1.27. The fourth-order valence-corrected chi connectivity index (χ4v) is 5.10. The Morgan fingerprint density at radius 3 is 1.89 bits per heavy atom. The molecule has 2 aliphatic rings. The van der Waals surface area contributed by atoms with Crippen LogP contribution in [0.15, 0.2) is 30.7 Å². The fourth-order valence-electron chi connectivity index (χ4n) is 5.10. The van der Waals surface area contributed by atoms with E-state index in [1.807, 2.05) is 0 Å². The van der Waals surface area contributed by atoms with Crippen molar-refractivity contribution in [2.24, 2.45) is 11.8 Å². The zero-order valence-corrected chi connectivity index (χ0v) is 18.6. The van der Waals surface area contributed by atoms with Crippen LogP contribution >= 0.6 is 0 Å². The Kier molecular flexibility index (Phi) is 5.33. The van der Waals surface area contributed by atoms with E-state index in [0.717, 1.165) is 0 Å². The van der Waals surface area contributed by atoms with E-state index in [9.17, 15) is 0 Å². The van der Waals surface area contributed by atoms with Crippen molar-refractivity contribution in [2.45, 2.75) is 80.6 Å². The number of nitrogens with zero attached hydrogens (tertiary/aromatic N) is 3. The minimum absolute atomic E-state index is 0.341. The summed E-state index contributed by atoms with van der Waals surface area (Å²) in [6, 6.07) is 3.36. The molecule has 148 valence electrons. The van der Waals surface area contributed by atoms with Gasteiger partial charge in [-0.3, -0.25) is 0 Å². The van der Waals surface area contributed by atoms with Gasteiger partial charge in [-0.2, -0.15) is 0 Å². The molecule has 27 heavy (non-hydrogen) atoms. The van der Waals surface area contributed by atoms with Crippen LogP contribution in [-0.2, 0) is 0 Å². The molecule has 0 N–H and O–H groups in total. The Balaban J connectivity index is 2.03. The van der Waals surface area contributed by atoms with Crippen LogP contribution in [-0.4, -0.2) is 23.1 Å². The molecule has 2 aliphatic heterocycles. The zero-order valence-electron chi connectivity index (χ0n) is 18.6. The smallest absolute Gasteiger partial charge is 0.103 e. The van der Waals surface area contributed by atoms with Crippen LogP contribution in [0.2, 0.25) is 0 Å². The van der Waals surface area contributed by atoms with Crippen LogP contribution in [0.3, 0.4) is 0 Å². The lowest BCUT2D eigenvalue weighted by atomic mass is 9.90. The minimum atomic E-state index is 0.341. The van der Waals surface area contributed by atoms with Crippen LogP contribution in [0.1, 0.15) is 58.2 Å². The average Bonchev–Trinajstić information content (AvgIpc) is 3.11. The molecular weight excluding hydrogens is 330 g/mol. The van der Waals surface area contributed by atoms with Crippen molar-refractivity contribution in [1.82, 2.24) is 4.90 Å². The van der Waals surface area contributed by atoms with Gasteiger partial charge in [0.1, 0.15) is 6.17 Å². The summed E-state index contributed by atoms with van der Waals surface area (Å²) in [7, 11) is 0. The number of hydrogen-bond donors (Lipinski definition) is 0. The monoisotopic (exact) mass is 367 g/mol. The van der Waals surface area contributed by atoms with Crippen LogP contribution in [0.25, 0.3) is 0 Å². The summed E-state index contributed by atoms with van der Waals surface area (Å²) in [6.45, 7) is 20.6. The molecule has 3 nitrogen and oxygen atoms in total. The number of benzene rings is 1. The molecule has 0 aromatic heterocycles. The fraction of sp³-hybridized carbons (Fsp3) is 0.583. The van der Waals surface area contributed by atoms with Gasteiger partial charge in [0.15, 0.2) is 0 Å². The molecule has 0 spiro atoms. The van der Waals surface area contributed by atoms with E-state index >= 15 is 0 Å².